The first-order valence-electron chi connectivity index (χ1n) is 7.83. The van der Waals surface area contributed by atoms with Crippen molar-refractivity contribution in [2.24, 2.45) is 5.41 Å². The molecule has 1 aromatic rings. The quantitative estimate of drug-likeness (QED) is 0.806. The summed E-state index contributed by atoms with van der Waals surface area (Å²) in [6.45, 7) is 5.49. The number of hydrogen-bond acceptors (Lipinski definition) is 3. The van der Waals surface area contributed by atoms with Gasteiger partial charge in [0.05, 0.1) is 17.1 Å². The van der Waals surface area contributed by atoms with Crippen LogP contribution in [0.3, 0.4) is 0 Å². The normalized spacial score (nSPS) is 26.7. The van der Waals surface area contributed by atoms with Crippen LogP contribution in [0.2, 0.25) is 10.0 Å². The van der Waals surface area contributed by atoms with Crippen molar-refractivity contribution in [3.8, 4) is 6.07 Å². The van der Waals surface area contributed by atoms with Crippen molar-refractivity contribution in [2.45, 2.75) is 45.6 Å². The molecule has 0 radical (unpaired) electrons. The summed E-state index contributed by atoms with van der Waals surface area (Å²) in [5.74, 6) is -1.59. The van der Waals surface area contributed by atoms with Gasteiger partial charge >= 0.3 is 5.97 Å². The van der Waals surface area contributed by atoms with Crippen molar-refractivity contribution < 1.29 is 9.90 Å². The summed E-state index contributed by atoms with van der Waals surface area (Å²) in [6.07, 6.45) is 1.51. The fourth-order valence-electron chi connectivity index (χ4n) is 3.50. The van der Waals surface area contributed by atoms with E-state index in [2.05, 4.69) is 11.4 Å². The summed E-state index contributed by atoms with van der Waals surface area (Å²) >= 11 is 12.3. The highest BCUT2D eigenvalue weighted by atomic mass is 35.5. The van der Waals surface area contributed by atoms with Gasteiger partial charge in [-0.1, -0.05) is 42.6 Å². The van der Waals surface area contributed by atoms with Gasteiger partial charge in [0.15, 0.2) is 0 Å². The van der Waals surface area contributed by atoms with E-state index in [0.29, 0.717) is 33.3 Å². The van der Waals surface area contributed by atoms with E-state index >= 15 is 0 Å². The Balaban J connectivity index is 2.75. The molecule has 3 atom stereocenters. The van der Waals surface area contributed by atoms with Crippen molar-refractivity contribution in [3.63, 3.8) is 0 Å². The average Bonchev–Trinajstić information content (AvgIpc) is 2.51. The first-order chi connectivity index (χ1) is 11.3. The maximum Gasteiger partial charge on any atom is 0.312 e. The summed E-state index contributed by atoms with van der Waals surface area (Å²) in [4.78, 5) is 12.3. The molecule has 0 bridgehead atoms. The van der Waals surface area contributed by atoms with Crippen LogP contribution in [0, 0.1) is 16.7 Å². The number of carboxylic acids is 1. The number of rotatable bonds is 4. The molecule has 0 fully saturated rings. The largest absolute Gasteiger partial charge is 0.481 e. The first-order valence-corrected chi connectivity index (χ1v) is 8.58. The standard InChI is InChI=1S/C18H20Cl2N2O2/c1-4-5-15-18(3,17(23)24)16(13(9-21)10(2)22-15)12-7-6-11(19)8-14(12)20/h6-8,15-16,22H,4-5H2,1-3H3,(H,23,24). The number of allylic oxidation sites excluding steroid dienone is 2. The maximum absolute atomic E-state index is 12.3. The highest BCUT2D eigenvalue weighted by Gasteiger charge is 2.53. The van der Waals surface area contributed by atoms with Gasteiger partial charge in [0, 0.05) is 27.7 Å². The van der Waals surface area contributed by atoms with E-state index in [-0.39, 0.29) is 6.04 Å². The van der Waals surface area contributed by atoms with Gasteiger partial charge in [-0.15, -0.1) is 0 Å². The van der Waals surface area contributed by atoms with Crippen LogP contribution in [-0.4, -0.2) is 17.1 Å². The van der Waals surface area contributed by atoms with Gasteiger partial charge in [-0.3, -0.25) is 4.79 Å². The Morgan fingerprint density at radius 1 is 1.46 bits per heavy atom. The molecule has 0 aliphatic carbocycles. The van der Waals surface area contributed by atoms with E-state index in [1.54, 1.807) is 32.0 Å². The van der Waals surface area contributed by atoms with E-state index < -0.39 is 17.3 Å². The summed E-state index contributed by atoms with van der Waals surface area (Å²) in [7, 11) is 0. The number of aliphatic carboxylic acids is 1. The summed E-state index contributed by atoms with van der Waals surface area (Å²) in [5.41, 5.74) is 0.518. The van der Waals surface area contributed by atoms with E-state index in [9.17, 15) is 15.2 Å². The van der Waals surface area contributed by atoms with Gasteiger partial charge in [0.25, 0.3) is 0 Å². The lowest BCUT2D eigenvalue weighted by Crippen LogP contribution is -2.55. The van der Waals surface area contributed by atoms with Crippen LogP contribution in [-0.2, 0) is 4.79 Å². The highest BCUT2D eigenvalue weighted by Crippen LogP contribution is 2.50. The second-order valence-electron chi connectivity index (χ2n) is 6.32. The molecule has 2 N–H and O–H groups in total. The number of benzene rings is 1. The number of carbonyl (C=O) groups is 1. The zero-order valence-electron chi connectivity index (χ0n) is 13.9. The predicted octanol–water partition coefficient (Wildman–Crippen LogP) is 4.74. The van der Waals surface area contributed by atoms with Crippen molar-refractivity contribution in [1.82, 2.24) is 5.32 Å². The van der Waals surface area contributed by atoms with Gasteiger partial charge < -0.3 is 10.4 Å². The third kappa shape index (κ3) is 2.99. The lowest BCUT2D eigenvalue weighted by molar-refractivity contribution is -0.151. The Morgan fingerprint density at radius 2 is 2.12 bits per heavy atom. The van der Waals surface area contributed by atoms with Crippen molar-refractivity contribution in [2.75, 3.05) is 0 Å². The van der Waals surface area contributed by atoms with Crippen LogP contribution in [0.5, 0.6) is 0 Å². The first kappa shape index (κ1) is 18.6. The lowest BCUT2D eigenvalue weighted by Gasteiger charge is -2.45. The Hall–Kier alpha value is -1.70. The lowest BCUT2D eigenvalue weighted by atomic mass is 9.62. The molecular formula is C18H20Cl2N2O2. The maximum atomic E-state index is 12.3. The zero-order chi connectivity index (χ0) is 18.1. The summed E-state index contributed by atoms with van der Waals surface area (Å²) < 4.78 is 0. The molecule has 1 aliphatic heterocycles. The molecule has 24 heavy (non-hydrogen) atoms. The van der Waals surface area contributed by atoms with E-state index in [4.69, 9.17) is 23.2 Å². The minimum atomic E-state index is -1.20. The van der Waals surface area contributed by atoms with Gasteiger partial charge in [0.2, 0.25) is 0 Å². The van der Waals surface area contributed by atoms with Gasteiger partial charge in [-0.05, 0) is 38.0 Å². The average molecular weight is 367 g/mol. The molecule has 6 heteroatoms. The Bertz CT molecular complexity index is 739. The molecule has 0 amide bonds. The molecule has 1 aliphatic rings. The number of hydrogen-bond donors (Lipinski definition) is 2. The molecule has 0 saturated carbocycles. The van der Waals surface area contributed by atoms with Crippen molar-refractivity contribution in [1.29, 1.82) is 5.26 Å². The Kier molecular flexibility index (Phi) is 5.47. The molecule has 0 aromatic heterocycles. The number of halogens is 2. The van der Waals surface area contributed by atoms with Gasteiger partial charge in [0.1, 0.15) is 0 Å². The van der Waals surface area contributed by atoms with Crippen LogP contribution < -0.4 is 5.32 Å². The van der Waals surface area contributed by atoms with E-state index in [1.807, 2.05) is 6.92 Å². The summed E-state index contributed by atoms with van der Waals surface area (Å²) in [6, 6.07) is 6.86. The number of nitrogens with zero attached hydrogens (tertiary/aromatic N) is 1. The van der Waals surface area contributed by atoms with E-state index in [0.717, 1.165) is 6.42 Å². The molecule has 0 spiro atoms. The fourth-order valence-corrected chi connectivity index (χ4v) is 4.02. The fraction of sp³-hybridized carbons (Fsp3) is 0.444. The third-order valence-corrected chi connectivity index (χ3v) is 5.40. The number of nitriles is 1. The molecule has 0 saturated heterocycles. The number of nitrogens with one attached hydrogen (secondary N) is 1. The molecule has 2 rings (SSSR count). The molecular weight excluding hydrogens is 347 g/mol. The van der Waals surface area contributed by atoms with Crippen LogP contribution in [0.4, 0.5) is 0 Å². The van der Waals surface area contributed by atoms with Gasteiger partial charge in [-0.2, -0.15) is 5.26 Å². The molecule has 128 valence electrons. The highest BCUT2D eigenvalue weighted by molar-refractivity contribution is 6.35. The summed E-state index contributed by atoms with van der Waals surface area (Å²) in [5, 5.41) is 23.8. The molecule has 1 heterocycles. The van der Waals surface area contributed by atoms with E-state index in [1.165, 1.54) is 0 Å². The van der Waals surface area contributed by atoms with Crippen LogP contribution in [0.1, 0.15) is 45.1 Å². The molecule has 4 nitrogen and oxygen atoms in total. The van der Waals surface area contributed by atoms with Gasteiger partial charge in [-0.25, -0.2) is 0 Å². The topological polar surface area (TPSA) is 73.1 Å². The minimum absolute atomic E-state index is 0.297. The van der Waals surface area contributed by atoms with Crippen LogP contribution in [0.15, 0.2) is 29.5 Å². The zero-order valence-corrected chi connectivity index (χ0v) is 15.4. The third-order valence-electron chi connectivity index (χ3n) is 4.84. The Morgan fingerprint density at radius 3 is 2.62 bits per heavy atom. The molecule has 3 unspecified atom stereocenters. The SMILES string of the molecule is CCCC1NC(C)=C(C#N)C(c2ccc(Cl)cc2Cl)C1(C)C(=O)O. The Labute approximate surface area is 152 Å². The predicted molar refractivity (Wildman–Crippen MR) is 95.1 cm³/mol. The second-order valence-corrected chi connectivity index (χ2v) is 7.17. The monoisotopic (exact) mass is 366 g/mol. The second kappa shape index (κ2) is 7.04. The van der Waals surface area contributed by atoms with Crippen molar-refractivity contribution in [3.05, 3.63) is 45.1 Å². The smallest absolute Gasteiger partial charge is 0.312 e. The number of carboxylic acid groups (broad SMARTS) is 1. The van der Waals surface area contributed by atoms with Crippen LogP contribution in [0.25, 0.3) is 0 Å². The van der Waals surface area contributed by atoms with Crippen molar-refractivity contribution >= 4 is 29.2 Å². The van der Waals surface area contributed by atoms with Crippen LogP contribution >= 0.6 is 23.2 Å². The molecule has 1 aromatic carbocycles. The minimum Gasteiger partial charge on any atom is -0.481 e.